The van der Waals surface area contributed by atoms with Crippen LogP contribution < -0.4 is 20.9 Å². The fourth-order valence-electron chi connectivity index (χ4n) is 6.22. The fourth-order valence-corrected chi connectivity index (χ4v) is 6.22. The highest BCUT2D eigenvalue weighted by atomic mass is 14.4. The third kappa shape index (κ3) is 3.01. The normalized spacial score (nSPS) is 13.4. The van der Waals surface area contributed by atoms with Crippen LogP contribution in [0.25, 0.3) is 57.7 Å². The van der Waals surface area contributed by atoms with Crippen LogP contribution in [0, 0.1) is 6.92 Å². The lowest BCUT2D eigenvalue weighted by Crippen LogP contribution is -2.25. The predicted octanol–water partition coefficient (Wildman–Crippen LogP) is 6.38. The van der Waals surface area contributed by atoms with Crippen LogP contribution in [-0.2, 0) is 0 Å². The highest BCUT2D eigenvalue weighted by molar-refractivity contribution is 6.11. The largest absolute Gasteiger partial charge is 0.0911 e. The molecular weight excluding hydrogens is 432 g/mol. The molecule has 0 N–H and O–H groups in total. The molecule has 0 aliphatic heterocycles. The van der Waals surface area contributed by atoms with Gasteiger partial charge in [0.2, 0.25) is 0 Å². The van der Waals surface area contributed by atoms with Gasteiger partial charge < -0.3 is 0 Å². The predicted molar refractivity (Wildman–Crippen MR) is 156 cm³/mol. The van der Waals surface area contributed by atoms with E-state index in [9.17, 15) is 0 Å². The molecule has 0 fully saturated rings. The zero-order valence-electron chi connectivity index (χ0n) is 21.3. The maximum Gasteiger partial charge on any atom is -0.00109 e. The summed E-state index contributed by atoms with van der Waals surface area (Å²) in [6.07, 6.45) is 10.0. The summed E-state index contributed by atoms with van der Waals surface area (Å²) < 4.78 is 0. The number of benzene rings is 4. The molecule has 0 heterocycles. The first-order chi connectivity index (χ1) is 17.6. The lowest BCUT2D eigenvalue weighted by Gasteiger charge is -2.22. The Hall–Kier alpha value is -4.16. The van der Waals surface area contributed by atoms with Crippen LogP contribution >= 0.6 is 0 Å². The highest BCUT2D eigenvalue weighted by Crippen LogP contribution is 2.51. The Kier molecular flexibility index (Phi) is 5.27. The van der Waals surface area contributed by atoms with Crippen LogP contribution in [0.3, 0.4) is 0 Å². The molecule has 2 aliphatic carbocycles. The first-order valence-corrected chi connectivity index (χ1v) is 12.8. The molecule has 36 heavy (non-hydrogen) atoms. The molecule has 0 nitrogen and oxygen atoms in total. The molecule has 4 aromatic carbocycles. The topological polar surface area (TPSA) is 0 Å². The van der Waals surface area contributed by atoms with Crippen LogP contribution in [0.15, 0.2) is 91.0 Å². The molecule has 0 amide bonds. The van der Waals surface area contributed by atoms with Crippen LogP contribution in [-0.4, -0.2) is 0 Å². The van der Waals surface area contributed by atoms with Gasteiger partial charge in [-0.05, 0) is 102 Å². The van der Waals surface area contributed by atoms with Crippen LogP contribution in [0.5, 0.6) is 0 Å². The van der Waals surface area contributed by atoms with Crippen molar-refractivity contribution in [3.8, 4) is 33.4 Å². The number of rotatable bonds is 4. The van der Waals surface area contributed by atoms with Gasteiger partial charge in [-0.15, -0.1) is 0 Å². The monoisotopic (exact) mass is 462 g/mol. The van der Waals surface area contributed by atoms with Crippen molar-refractivity contribution in [1.82, 2.24) is 0 Å². The number of hydrogen-bond acceptors (Lipinski definition) is 0. The Bertz CT molecular complexity index is 1840. The van der Waals surface area contributed by atoms with E-state index < -0.39 is 0 Å². The van der Waals surface area contributed by atoms with Crippen LogP contribution in [0.1, 0.15) is 37.0 Å². The highest BCUT2D eigenvalue weighted by Gasteiger charge is 2.33. The Morgan fingerprint density at radius 1 is 0.639 bits per heavy atom. The van der Waals surface area contributed by atoms with Gasteiger partial charge in [-0.1, -0.05) is 111 Å². The summed E-state index contributed by atoms with van der Waals surface area (Å²) >= 11 is 0. The summed E-state index contributed by atoms with van der Waals surface area (Å²) in [5.74, 6) is 0. The van der Waals surface area contributed by atoms with E-state index in [1.165, 1.54) is 71.7 Å². The van der Waals surface area contributed by atoms with Crippen molar-refractivity contribution in [2.45, 2.75) is 27.2 Å². The average molecular weight is 463 g/mol. The van der Waals surface area contributed by atoms with Crippen molar-refractivity contribution in [1.29, 1.82) is 0 Å². The molecule has 0 saturated heterocycles. The fraction of sp³-hybridized carbons (Fsp3) is 0.111. The summed E-state index contributed by atoms with van der Waals surface area (Å²) in [6.45, 7) is 15.5. The molecule has 0 saturated carbocycles. The van der Waals surface area contributed by atoms with E-state index in [0.717, 1.165) is 16.9 Å². The zero-order valence-corrected chi connectivity index (χ0v) is 21.3. The van der Waals surface area contributed by atoms with Gasteiger partial charge in [-0.25, -0.2) is 0 Å². The molecule has 0 unspecified atom stereocenters. The summed E-state index contributed by atoms with van der Waals surface area (Å²) in [7, 11) is 0. The molecule has 6 rings (SSSR count). The minimum absolute atomic E-state index is 0.990. The molecule has 0 radical (unpaired) electrons. The van der Waals surface area contributed by atoms with E-state index in [1.807, 2.05) is 0 Å². The summed E-state index contributed by atoms with van der Waals surface area (Å²) in [6, 6.07) is 24.0. The standard InChI is InChI=1S/C36H30/c1-6-8-19-29-31-23(4)16-13-21-28(31)33-24(5)32-27-20-12-15-22(3)30(27)26(14-7-2)35(32)34(36(29)33)25-17-10-9-11-18-25/h7-21H,3-4,6H2,1-2,5H3/b14-7-,19-8-. The van der Waals surface area contributed by atoms with E-state index in [4.69, 9.17) is 0 Å². The molecule has 0 atom stereocenters. The van der Waals surface area contributed by atoms with Crippen molar-refractivity contribution in [3.63, 3.8) is 0 Å². The maximum atomic E-state index is 4.46. The molecule has 2 aliphatic rings. The Morgan fingerprint density at radius 3 is 1.72 bits per heavy atom. The van der Waals surface area contributed by atoms with Crippen molar-refractivity contribution < 1.29 is 0 Å². The molecule has 174 valence electrons. The van der Waals surface area contributed by atoms with Crippen molar-refractivity contribution in [2.24, 2.45) is 0 Å². The quantitative estimate of drug-likeness (QED) is 0.330. The van der Waals surface area contributed by atoms with Gasteiger partial charge in [-0.3, -0.25) is 0 Å². The lowest BCUT2D eigenvalue weighted by molar-refractivity contribution is 1.22. The third-order valence-corrected chi connectivity index (χ3v) is 7.58. The summed E-state index contributed by atoms with van der Waals surface area (Å²) in [5, 5.41) is 4.67. The van der Waals surface area contributed by atoms with Gasteiger partial charge in [0, 0.05) is 0 Å². The Morgan fingerprint density at radius 2 is 1.19 bits per heavy atom. The molecule has 0 heteroatoms. The minimum atomic E-state index is 0.990. The molecule has 4 aromatic rings. The van der Waals surface area contributed by atoms with Gasteiger partial charge in [0.25, 0.3) is 0 Å². The smallest absolute Gasteiger partial charge is 0.00109 e. The Labute approximate surface area is 213 Å². The summed E-state index contributed by atoms with van der Waals surface area (Å²) in [4.78, 5) is 0. The van der Waals surface area contributed by atoms with E-state index in [-0.39, 0.29) is 0 Å². The van der Waals surface area contributed by atoms with Crippen molar-refractivity contribution in [3.05, 3.63) is 129 Å². The molecule has 0 bridgehead atoms. The number of fused-ring (bicyclic) bond motifs is 6. The van der Waals surface area contributed by atoms with Gasteiger partial charge >= 0.3 is 0 Å². The first kappa shape index (κ1) is 22.3. The van der Waals surface area contributed by atoms with Crippen LogP contribution in [0.4, 0.5) is 0 Å². The summed E-state index contributed by atoms with van der Waals surface area (Å²) in [5.41, 5.74) is 14.3. The third-order valence-electron chi connectivity index (χ3n) is 7.58. The van der Waals surface area contributed by atoms with Gasteiger partial charge in [0.1, 0.15) is 0 Å². The molecule has 0 spiro atoms. The van der Waals surface area contributed by atoms with Crippen molar-refractivity contribution >= 4 is 24.3 Å². The van der Waals surface area contributed by atoms with E-state index in [0.29, 0.717) is 0 Å². The maximum absolute atomic E-state index is 4.46. The van der Waals surface area contributed by atoms with E-state index in [1.54, 1.807) is 0 Å². The minimum Gasteiger partial charge on any atom is -0.0911 e. The second-order valence-electron chi connectivity index (χ2n) is 9.68. The number of allylic oxidation sites excluding steroid dienone is 4. The van der Waals surface area contributed by atoms with Gasteiger partial charge in [-0.2, -0.15) is 0 Å². The second kappa shape index (κ2) is 8.50. The lowest BCUT2D eigenvalue weighted by atomic mass is 9.81. The average Bonchev–Trinajstić information content (AvgIpc) is 3.39. The van der Waals surface area contributed by atoms with Gasteiger partial charge in [0.05, 0.1) is 0 Å². The second-order valence-corrected chi connectivity index (χ2v) is 9.68. The van der Waals surface area contributed by atoms with E-state index >= 15 is 0 Å². The number of hydrogen-bond donors (Lipinski definition) is 0. The SMILES string of the molecule is C=c1cccc2c1=C(/C=C\C)c1c-2c(C)c2c(c1-c1ccccc1)C(/C=C\CC)=c1c-2cccc1=C. The van der Waals surface area contributed by atoms with Crippen molar-refractivity contribution in [2.75, 3.05) is 0 Å². The molecule has 0 aromatic heterocycles. The van der Waals surface area contributed by atoms with Crippen LogP contribution in [0.2, 0.25) is 0 Å². The zero-order chi connectivity index (χ0) is 25.0. The van der Waals surface area contributed by atoms with Gasteiger partial charge in [0.15, 0.2) is 0 Å². The first-order valence-electron chi connectivity index (χ1n) is 12.8. The molecular formula is C36H30. The van der Waals surface area contributed by atoms with E-state index in [2.05, 4.69) is 125 Å². The Balaban J connectivity index is 1.92.